The van der Waals surface area contributed by atoms with Gasteiger partial charge in [0.1, 0.15) is 5.82 Å². The predicted octanol–water partition coefficient (Wildman–Crippen LogP) is 2.76. The quantitative estimate of drug-likeness (QED) is 0.856. The molecule has 140 valence electrons. The van der Waals surface area contributed by atoms with Gasteiger partial charge in [-0.05, 0) is 42.2 Å². The molecule has 0 aliphatic carbocycles. The largest absolute Gasteiger partial charge is 0.385 e. The van der Waals surface area contributed by atoms with Gasteiger partial charge in [-0.3, -0.25) is 9.59 Å². The van der Waals surface area contributed by atoms with E-state index in [4.69, 9.17) is 0 Å². The van der Waals surface area contributed by atoms with E-state index < -0.39 is 17.3 Å². The van der Waals surface area contributed by atoms with Crippen LogP contribution in [0.15, 0.2) is 48.5 Å². The molecule has 0 aromatic heterocycles. The summed E-state index contributed by atoms with van der Waals surface area (Å²) in [4.78, 5) is 26.7. The van der Waals surface area contributed by atoms with Crippen molar-refractivity contribution >= 4 is 17.5 Å². The first-order valence-electron chi connectivity index (χ1n) is 9.12. The van der Waals surface area contributed by atoms with Gasteiger partial charge in [0, 0.05) is 25.2 Å². The highest BCUT2D eigenvalue weighted by atomic mass is 19.1. The summed E-state index contributed by atoms with van der Waals surface area (Å²) in [5.41, 5.74) is 0.903. The average molecular weight is 368 g/mol. The Labute approximate surface area is 156 Å². The number of halogens is 1. The highest BCUT2D eigenvalue weighted by molar-refractivity contribution is 6.01. The summed E-state index contributed by atoms with van der Waals surface area (Å²) in [5, 5.41) is 13.6. The number of carbonyl (C=O) groups excluding carboxylic acids is 2. The maximum absolute atomic E-state index is 13.7. The summed E-state index contributed by atoms with van der Waals surface area (Å²) in [6.07, 6.45) is 0.865. The number of carbonyl (C=O) groups is 2. The van der Waals surface area contributed by atoms with Crippen molar-refractivity contribution in [3.05, 3.63) is 65.5 Å². The van der Waals surface area contributed by atoms with Crippen LogP contribution in [0.5, 0.6) is 0 Å². The lowest BCUT2D eigenvalue weighted by atomic mass is 9.83. The van der Waals surface area contributed by atoms with E-state index in [1.54, 1.807) is 4.90 Å². The second kappa shape index (κ2) is 6.78. The topological polar surface area (TPSA) is 69.6 Å². The van der Waals surface area contributed by atoms with E-state index in [9.17, 15) is 19.1 Å². The van der Waals surface area contributed by atoms with Gasteiger partial charge in [-0.15, -0.1) is 0 Å². The molecule has 0 unspecified atom stereocenters. The van der Waals surface area contributed by atoms with Crippen molar-refractivity contribution in [3.8, 4) is 0 Å². The van der Waals surface area contributed by atoms with Crippen molar-refractivity contribution < 1.29 is 19.1 Å². The summed E-state index contributed by atoms with van der Waals surface area (Å²) < 4.78 is 13.7. The number of fused-ring (bicyclic) bond motifs is 1. The number of aliphatic hydroxyl groups is 1. The average Bonchev–Trinajstić information content (AvgIpc) is 2.68. The summed E-state index contributed by atoms with van der Waals surface area (Å²) in [6.45, 7) is 0.792. The number of amides is 2. The fourth-order valence-corrected chi connectivity index (χ4v) is 4.01. The number of nitrogens with zero attached hydrogens (tertiary/aromatic N) is 1. The van der Waals surface area contributed by atoms with Crippen LogP contribution >= 0.6 is 0 Å². The molecule has 5 nitrogen and oxygen atoms in total. The van der Waals surface area contributed by atoms with E-state index in [-0.39, 0.29) is 18.2 Å². The molecule has 0 bridgehead atoms. The Morgan fingerprint density at radius 2 is 1.85 bits per heavy atom. The lowest BCUT2D eigenvalue weighted by Gasteiger charge is -2.40. The number of nitrogens with one attached hydrogen (secondary N) is 1. The number of anilines is 1. The first-order chi connectivity index (χ1) is 13.0. The van der Waals surface area contributed by atoms with Crippen molar-refractivity contribution in [2.75, 3.05) is 18.4 Å². The van der Waals surface area contributed by atoms with Gasteiger partial charge in [-0.2, -0.15) is 0 Å². The van der Waals surface area contributed by atoms with Crippen molar-refractivity contribution in [3.63, 3.8) is 0 Å². The van der Waals surface area contributed by atoms with Crippen LogP contribution in [0.1, 0.15) is 36.3 Å². The Bertz CT molecular complexity index is 876. The third-order valence-corrected chi connectivity index (χ3v) is 5.56. The molecule has 2 aliphatic heterocycles. The van der Waals surface area contributed by atoms with Crippen LogP contribution in [0.3, 0.4) is 0 Å². The molecule has 2 heterocycles. The summed E-state index contributed by atoms with van der Waals surface area (Å²) in [7, 11) is 0. The Balaban J connectivity index is 1.52. The van der Waals surface area contributed by atoms with Crippen LogP contribution in [0.2, 0.25) is 0 Å². The third kappa shape index (κ3) is 3.32. The normalized spacial score (nSPS) is 21.3. The number of likely N-dealkylation sites (tertiary alicyclic amines) is 1. The maximum atomic E-state index is 13.7. The number of piperidine rings is 1. The molecule has 0 saturated carbocycles. The zero-order valence-electron chi connectivity index (χ0n) is 14.8. The van der Waals surface area contributed by atoms with Gasteiger partial charge in [-0.1, -0.05) is 30.3 Å². The van der Waals surface area contributed by atoms with E-state index >= 15 is 0 Å². The summed E-state index contributed by atoms with van der Waals surface area (Å²) >= 11 is 0. The number of benzene rings is 2. The first kappa shape index (κ1) is 17.7. The molecular formula is C21H21FN2O3. The molecule has 1 atom stereocenters. The zero-order valence-corrected chi connectivity index (χ0v) is 14.8. The van der Waals surface area contributed by atoms with Crippen molar-refractivity contribution in [1.82, 2.24) is 4.90 Å². The lowest BCUT2D eigenvalue weighted by molar-refractivity contribution is -0.139. The van der Waals surface area contributed by atoms with Crippen LogP contribution in [0, 0.1) is 5.82 Å². The molecule has 2 aromatic carbocycles. The van der Waals surface area contributed by atoms with Crippen LogP contribution in [-0.2, 0) is 15.2 Å². The van der Waals surface area contributed by atoms with Crippen molar-refractivity contribution in [1.29, 1.82) is 0 Å². The molecule has 2 N–H and O–H groups in total. The lowest BCUT2D eigenvalue weighted by Crippen LogP contribution is -2.47. The highest BCUT2D eigenvalue weighted by Crippen LogP contribution is 2.37. The number of hydrogen-bond donors (Lipinski definition) is 2. The van der Waals surface area contributed by atoms with E-state index in [1.165, 1.54) is 18.2 Å². The minimum absolute atomic E-state index is 0.00867. The second-order valence-electron chi connectivity index (χ2n) is 7.26. The maximum Gasteiger partial charge on any atom is 0.230 e. The summed E-state index contributed by atoms with van der Waals surface area (Å²) in [6, 6.07) is 13.5. The number of hydrogen-bond acceptors (Lipinski definition) is 3. The van der Waals surface area contributed by atoms with Gasteiger partial charge < -0.3 is 15.3 Å². The van der Waals surface area contributed by atoms with E-state index in [0.29, 0.717) is 37.2 Å². The SMILES string of the molecule is O=C1C[C@@H](C(=O)N2CCC(O)(c3ccccc3)CC2)c2cc(F)ccc2N1. The molecule has 2 aromatic rings. The van der Waals surface area contributed by atoms with Gasteiger partial charge in [0.25, 0.3) is 0 Å². The molecular weight excluding hydrogens is 347 g/mol. The Morgan fingerprint density at radius 3 is 2.56 bits per heavy atom. The van der Waals surface area contributed by atoms with Gasteiger partial charge in [0.2, 0.25) is 11.8 Å². The van der Waals surface area contributed by atoms with Gasteiger partial charge >= 0.3 is 0 Å². The third-order valence-electron chi connectivity index (χ3n) is 5.56. The molecule has 2 aliphatic rings. The molecule has 6 heteroatoms. The predicted molar refractivity (Wildman–Crippen MR) is 98.5 cm³/mol. The fraction of sp³-hybridized carbons (Fsp3) is 0.333. The van der Waals surface area contributed by atoms with Crippen LogP contribution in [0.4, 0.5) is 10.1 Å². The van der Waals surface area contributed by atoms with E-state index in [1.807, 2.05) is 30.3 Å². The van der Waals surface area contributed by atoms with Crippen LogP contribution in [0.25, 0.3) is 0 Å². The molecule has 4 rings (SSSR count). The summed E-state index contributed by atoms with van der Waals surface area (Å²) in [5.74, 6) is -1.55. The smallest absolute Gasteiger partial charge is 0.230 e. The van der Waals surface area contributed by atoms with Crippen molar-refractivity contribution in [2.45, 2.75) is 30.8 Å². The highest BCUT2D eigenvalue weighted by Gasteiger charge is 2.39. The first-order valence-corrected chi connectivity index (χ1v) is 9.12. The molecule has 27 heavy (non-hydrogen) atoms. The molecule has 2 amide bonds. The fourth-order valence-electron chi connectivity index (χ4n) is 4.01. The monoisotopic (exact) mass is 368 g/mol. The number of rotatable bonds is 2. The Morgan fingerprint density at radius 1 is 1.15 bits per heavy atom. The zero-order chi connectivity index (χ0) is 19.0. The minimum Gasteiger partial charge on any atom is -0.385 e. The molecule has 1 saturated heterocycles. The molecule has 1 fully saturated rings. The van der Waals surface area contributed by atoms with E-state index in [0.717, 1.165) is 5.56 Å². The van der Waals surface area contributed by atoms with E-state index in [2.05, 4.69) is 5.32 Å². The second-order valence-corrected chi connectivity index (χ2v) is 7.26. The van der Waals surface area contributed by atoms with Crippen LogP contribution < -0.4 is 5.32 Å². The minimum atomic E-state index is -0.952. The Kier molecular flexibility index (Phi) is 4.44. The molecule has 0 spiro atoms. The van der Waals surface area contributed by atoms with Gasteiger partial charge in [0.15, 0.2) is 0 Å². The van der Waals surface area contributed by atoms with Crippen molar-refractivity contribution in [2.24, 2.45) is 0 Å². The molecule has 0 radical (unpaired) electrons. The van der Waals surface area contributed by atoms with Crippen LogP contribution in [-0.4, -0.2) is 34.9 Å². The standard InChI is InChI=1S/C21H21FN2O3/c22-15-6-7-18-16(12-15)17(13-19(25)23-18)20(26)24-10-8-21(27,9-11-24)14-4-2-1-3-5-14/h1-7,12,17,27H,8-11,13H2,(H,23,25)/t17-/m1/s1. The Hall–Kier alpha value is -2.73. The van der Waals surface area contributed by atoms with Gasteiger partial charge in [-0.25, -0.2) is 4.39 Å². The van der Waals surface area contributed by atoms with Gasteiger partial charge in [0.05, 0.1) is 11.5 Å².